The Kier molecular flexibility index (Phi) is 3.48. The number of hydrogen-bond acceptors (Lipinski definition) is 4. The van der Waals surface area contributed by atoms with Crippen molar-refractivity contribution < 1.29 is 4.74 Å². The second-order valence-corrected chi connectivity index (χ2v) is 3.98. The van der Waals surface area contributed by atoms with Crippen LogP contribution in [0.15, 0.2) is 41.1 Å². The van der Waals surface area contributed by atoms with Crippen LogP contribution in [0.25, 0.3) is 11.4 Å². The van der Waals surface area contributed by atoms with E-state index >= 15 is 0 Å². The fraction of sp³-hybridized carbons (Fsp3) is 0.0909. The van der Waals surface area contributed by atoms with Gasteiger partial charge in [0.15, 0.2) is 11.6 Å². The third kappa shape index (κ3) is 2.56. The van der Waals surface area contributed by atoms with Crippen LogP contribution in [0.2, 0.25) is 0 Å². The lowest BCUT2D eigenvalue weighted by Gasteiger charge is -2.03. The smallest absolute Gasteiger partial charge is 0.159 e. The predicted octanol–water partition coefficient (Wildman–Crippen LogP) is 2.20. The highest BCUT2D eigenvalue weighted by atomic mass is 79.9. The number of nitrogens with two attached hydrogens (primary N) is 1. The van der Waals surface area contributed by atoms with Crippen molar-refractivity contribution in [2.75, 3.05) is 6.73 Å². The summed E-state index contributed by atoms with van der Waals surface area (Å²) < 4.78 is 6.09. The fourth-order valence-electron chi connectivity index (χ4n) is 1.23. The lowest BCUT2D eigenvalue weighted by molar-refractivity contribution is 0.327. The molecular weight excluding hydrogens is 270 g/mol. The number of halogens is 1. The van der Waals surface area contributed by atoms with E-state index in [1.165, 1.54) is 0 Å². The van der Waals surface area contributed by atoms with E-state index in [4.69, 9.17) is 10.5 Å². The van der Waals surface area contributed by atoms with Crippen LogP contribution in [-0.2, 0) is 0 Å². The molecule has 0 unspecified atom stereocenters. The molecule has 0 spiro atoms. The summed E-state index contributed by atoms with van der Waals surface area (Å²) in [6, 6.07) is 7.79. The van der Waals surface area contributed by atoms with Crippen molar-refractivity contribution >= 4 is 15.9 Å². The number of rotatable bonds is 3. The van der Waals surface area contributed by atoms with Crippen molar-refractivity contribution in [2.45, 2.75) is 0 Å². The molecule has 0 saturated heterocycles. The summed E-state index contributed by atoms with van der Waals surface area (Å²) >= 11 is 3.38. The Morgan fingerprint density at radius 1 is 1.12 bits per heavy atom. The minimum atomic E-state index is 0.126. The second kappa shape index (κ2) is 5.05. The summed E-state index contributed by atoms with van der Waals surface area (Å²) in [5.41, 5.74) is 6.20. The van der Waals surface area contributed by atoms with Crippen LogP contribution in [0, 0.1) is 0 Å². The van der Waals surface area contributed by atoms with Crippen LogP contribution in [0.1, 0.15) is 0 Å². The van der Waals surface area contributed by atoms with Crippen molar-refractivity contribution in [2.24, 2.45) is 5.73 Å². The Labute approximate surface area is 102 Å². The van der Waals surface area contributed by atoms with Crippen LogP contribution in [0.5, 0.6) is 5.75 Å². The average molecular weight is 280 g/mol. The van der Waals surface area contributed by atoms with Crippen molar-refractivity contribution in [3.63, 3.8) is 0 Å². The maximum Gasteiger partial charge on any atom is 0.159 e. The molecule has 0 radical (unpaired) electrons. The summed E-state index contributed by atoms with van der Waals surface area (Å²) in [4.78, 5) is 8.38. The van der Waals surface area contributed by atoms with Crippen LogP contribution < -0.4 is 10.5 Å². The van der Waals surface area contributed by atoms with Gasteiger partial charge < -0.3 is 4.74 Å². The molecule has 1 aromatic carbocycles. The zero-order chi connectivity index (χ0) is 11.4. The Hall–Kier alpha value is -1.46. The van der Waals surface area contributed by atoms with Gasteiger partial charge in [0, 0.05) is 10.0 Å². The van der Waals surface area contributed by atoms with E-state index in [-0.39, 0.29) is 6.73 Å². The normalized spacial score (nSPS) is 10.1. The molecule has 0 aliphatic rings. The molecule has 0 saturated carbocycles. The molecule has 2 N–H and O–H groups in total. The van der Waals surface area contributed by atoms with Gasteiger partial charge in [0.2, 0.25) is 0 Å². The maximum atomic E-state index is 5.24. The third-order valence-electron chi connectivity index (χ3n) is 1.98. The van der Waals surface area contributed by atoms with Gasteiger partial charge in [0.05, 0.1) is 12.4 Å². The molecule has 0 aliphatic carbocycles. The van der Waals surface area contributed by atoms with E-state index in [1.54, 1.807) is 12.4 Å². The quantitative estimate of drug-likeness (QED) is 0.875. The highest BCUT2D eigenvalue weighted by molar-refractivity contribution is 9.10. The first-order chi connectivity index (χ1) is 7.79. The Morgan fingerprint density at radius 2 is 1.75 bits per heavy atom. The lowest BCUT2D eigenvalue weighted by atomic mass is 10.2. The van der Waals surface area contributed by atoms with Crippen molar-refractivity contribution in [1.29, 1.82) is 0 Å². The molecule has 2 aromatic rings. The van der Waals surface area contributed by atoms with Crippen molar-refractivity contribution in [1.82, 2.24) is 9.97 Å². The molecule has 82 valence electrons. The van der Waals surface area contributed by atoms with Crippen LogP contribution in [0.3, 0.4) is 0 Å². The van der Waals surface area contributed by atoms with Gasteiger partial charge in [-0.1, -0.05) is 28.1 Å². The molecule has 1 aromatic heterocycles. The number of ether oxygens (including phenoxy) is 1. The van der Waals surface area contributed by atoms with Gasteiger partial charge in [0.25, 0.3) is 0 Å². The number of benzene rings is 1. The summed E-state index contributed by atoms with van der Waals surface area (Å²) in [6.45, 7) is 0.126. The van der Waals surface area contributed by atoms with Gasteiger partial charge in [-0.15, -0.1) is 0 Å². The summed E-state index contributed by atoms with van der Waals surface area (Å²) in [7, 11) is 0. The Bertz CT molecular complexity index is 456. The second-order valence-electron chi connectivity index (χ2n) is 3.06. The van der Waals surface area contributed by atoms with E-state index in [9.17, 15) is 0 Å². The van der Waals surface area contributed by atoms with Gasteiger partial charge in [-0.3, -0.25) is 5.73 Å². The monoisotopic (exact) mass is 279 g/mol. The van der Waals surface area contributed by atoms with E-state index in [1.807, 2.05) is 24.3 Å². The van der Waals surface area contributed by atoms with Gasteiger partial charge in [-0.2, -0.15) is 0 Å². The molecule has 5 heteroatoms. The molecule has 16 heavy (non-hydrogen) atoms. The molecule has 0 fully saturated rings. The van der Waals surface area contributed by atoms with Gasteiger partial charge in [-0.25, -0.2) is 9.97 Å². The van der Waals surface area contributed by atoms with Crippen molar-refractivity contribution in [3.05, 3.63) is 41.1 Å². The van der Waals surface area contributed by atoms with E-state index < -0.39 is 0 Å². The molecule has 2 rings (SSSR count). The summed E-state index contributed by atoms with van der Waals surface area (Å²) in [5, 5.41) is 0. The molecule has 1 heterocycles. The zero-order valence-corrected chi connectivity index (χ0v) is 10.0. The van der Waals surface area contributed by atoms with E-state index in [0.29, 0.717) is 11.6 Å². The lowest BCUT2D eigenvalue weighted by Crippen LogP contribution is -2.07. The Balaban J connectivity index is 2.24. The SMILES string of the molecule is NCOc1cnc(-c2ccc(Br)cc2)nc1. The minimum Gasteiger partial charge on any atom is -0.475 e. The van der Waals surface area contributed by atoms with Crippen LogP contribution in [-0.4, -0.2) is 16.7 Å². The number of aromatic nitrogens is 2. The van der Waals surface area contributed by atoms with Gasteiger partial charge in [-0.05, 0) is 12.1 Å². The maximum absolute atomic E-state index is 5.24. The average Bonchev–Trinajstić information content (AvgIpc) is 2.32. The topological polar surface area (TPSA) is 61.0 Å². The summed E-state index contributed by atoms with van der Waals surface area (Å²) in [5.74, 6) is 1.24. The van der Waals surface area contributed by atoms with Crippen molar-refractivity contribution in [3.8, 4) is 17.1 Å². The Morgan fingerprint density at radius 3 is 2.31 bits per heavy atom. The van der Waals surface area contributed by atoms with Crippen LogP contribution >= 0.6 is 15.9 Å². The number of hydrogen-bond donors (Lipinski definition) is 1. The van der Waals surface area contributed by atoms with Gasteiger partial charge >= 0.3 is 0 Å². The molecule has 0 atom stereocenters. The zero-order valence-electron chi connectivity index (χ0n) is 8.43. The predicted molar refractivity (Wildman–Crippen MR) is 64.9 cm³/mol. The number of nitrogens with zero attached hydrogens (tertiary/aromatic N) is 2. The first-order valence-corrected chi connectivity index (χ1v) is 5.50. The van der Waals surface area contributed by atoms with Crippen LogP contribution in [0.4, 0.5) is 0 Å². The van der Waals surface area contributed by atoms with Gasteiger partial charge in [0.1, 0.15) is 6.73 Å². The third-order valence-corrected chi connectivity index (χ3v) is 2.51. The largest absolute Gasteiger partial charge is 0.475 e. The molecule has 4 nitrogen and oxygen atoms in total. The van der Waals surface area contributed by atoms with E-state index in [2.05, 4.69) is 25.9 Å². The molecule has 0 aliphatic heterocycles. The molecular formula is C11H10BrN3O. The highest BCUT2D eigenvalue weighted by Crippen LogP contribution is 2.19. The fourth-order valence-corrected chi connectivity index (χ4v) is 1.50. The molecule has 0 amide bonds. The van der Waals surface area contributed by atoms with E-state index in [0.717, 1.165) is 10.0 Å². The first kappa shape index (κ1) is 11.0. The standard InChI is InChI=1S/C11H10BrN3O/c12-9-3-1-8(2-4-9)11-14-5-10(6-15-11)16-7-13/h1-6H,7,13H2. The first-order valence-electron chi connectivity index (χ1n) is 4.70. The minimum absolute atomic E-state index is 0.126. The highest BCUT2D eigenvalue weighted by Gasteiger charge is 2.01. The molecule has 0 bridgehead atoms. The summed E-state index contributed by atoms with van der Waals surface area (Å²) in [6.07, 6.45) is 3.22.